The number of rotatable bonds is 4. The van der Waals surface area contributed by atoms with E-state index in [0.717, 1.165) is 10.9 Å². The number of amides is 1. The van der Waals surface area contributed by atoms with Crippen molar-refractivity contribution in [1.82, 2.24) is 5.32 Å². The van der Waals surface area contributed by atoms with Gasteiger partial charge < -0.3 is 14.8 Å². The summed E-state index contributed by atoms with van der Waals surface area (Å²) >= 11 is 0. The van der Waals surface area contributed by atoms with Gasteiger partial charge in [0.25, 0.3) is 5.91 Å². The van der Waals surface area contributed by atoms with E-state index >= 15 is 0 Å². The molecule has 0 aliphatic rings. The molecule has 0 aliphatic carbocycles. The summed E-state index contributed by atoms with van der Waals surface area (Å²) in [5.74, 6) is -0.00717. The van der Waals surface area contributed by atoms with Gasteiger partial charge in [0.15, 0.2) is 5.76 Å². The Morgan fingerprint density at radius 1 is 1.44 bits per heavy atom. The van der Waals surface area contributed by atoms with Gasteiger partial charge in [-0.2, -0.15) is 0 Å². The Bertz CT molecular complexity index is 555. The van der Waals surface area contributed by atoms with Crippen LogP contribution in [-0.2, 0) is 0 Å². The van der Waals surface area contributed by atoms with Crippen LogP contribution in [0.5, 0.6) is 0 Å². The highest BCUT2D eigenvalue weighted by Crippen LogP contribution is 2.20. The fourth-order valence-corrected chi connectivity index (χ4v) is 1.81. The van der Waals surface area contributed by atoms with Crippen LogP contribution in [0.15, 0.2) is 28.7 Å². The summed E-state index contributed by atoms with van der Waals surface area (Å²) in [6, 6.07) is 7.26. The molecular formula is C14H17NO3. The van der Waals surface area contributed by atoms with Crippen molar-refractivity contribution in [2.75, 3.05) is 6.61 Å². The molecule has 1 unspecified atom stereocenters. The quantitative estimate of drug-likeness (QED) is 0.871. The molecule has 18 heavy (non-hydrogen) atoms. The zero-order valence-electron chi connectivity index (χ0n) is 10.6. The van der Waals surface area contributed by atoms with Crippen molar-refractivity contribution in [3.05, 3.63) is 35.6 Å². The number of nitrogens with one attached hydrogen (secondary N) is 1. The van der Waals surface area contributed by atoms with Crippen molar-refractivity contribution in [3.8, 4) is 0 Å². The van der Waals surface area contributed by atoms with Crippen LogP contribution in [0, 0.1) is 6.92 Å². The molecule has 0 radical (unpaired) electrons. The molecule has 96 valence electrons. The normalized spacial score (nSPS) is 12.6. The van der Waals surface area contributed by atoms with Gasteiger partial charge >= 0.3 is 0 Å². The van der Waals surface area contributed by atoms with Gasteiger partial charge in [0.2, 0.25) is 0 Å². The van der Waals surface area contributed by atoms with Gasteiger partial charge in [-0.25, -0.2) is 0 Å². The summed E-state index contributed by atoms with van der Waals surface area (Å²) in [5.41, 5.74) is 1.82. The Labute approximate surface area is 106 Å². The Kier molecular flexibility index (Phi) is 3.67. The maximum atomic E-state index is 11.9. The highest BCUT2D eigenvalue weighted by molar-refractivity contribution is 5.96. The second-order valence-corrected chi connectivity index (χ2v) is 4.41. The summed E-state index contributed by atoms with van der Waals surface area (Å²) in [7, 11) is 0. The van der Waals surface area contributed by atoms with Crippen molar-refractivity contribution in [1.29, 1.82) is 0 Å². The topological polar surface area (TPSA) is 62.5 Å². The van der Waals surface area contributed by atoms with E-state index in [0.29, 0.717) is 12.0 Å². The van der Waals surface area contributed by atoms with Gasteiger partial charge in [0.05, 0.1) is 12.6 Å². The van der Waals surface area contributed by atoms with Crippen LogP contribution in [0.4, 0.5) is 0 Å². The molecule has 0 saturated carbocycles. The molecule has 4 nitrogen and oxygen atoms in total. The predicted molar refractivity (Wildman–Crippen MR) is 69.6 cm³/mol. The number of hydrogen-bond acceptors (Lipinski definition) is 3. The lowest BCUT2D eigenvalue weighted by atomic mass is 10.2. The Morgan fingerprint density at radius 2 is 2.22 bits per heavy atom. The molecule has 2 rings (SSSR count). The average molecular weight is 247 g/mol. The van der Waals surface area contributed by atoms with E-state index in [1.807, 2.05) is 32.0 Å². The van der Waals surface area contributed by atoms with Gasteiger partial charge in [0.1, 0.15) is 5.58 Å². The van der Waals surface area contributed by atoms with Crippen molar-refractivity contribution >= 4 is 16.9 Å². The molecule has 4 heteroatoms. The Balaban J connectivity index is 2.23. The fraction of sp³-hybridized carbons (Fsp3) is 0.357. The first kappa shape index (κ1) is 12.6. The van der Waals surface area contributed by atoms with Gasteiger partial charge in [0, 0.05) is 5.39 Å². The second-order valence-electron chi connectivity index (χ2n) is 4.41. The lowest BCUT2D eigenvalue weighted by Gasteiger charge is -2.12. The van der Waals surface area contributed by atoms with Gasteiger partial charge in [-0.05, 0) is 31.5 Å². The van der Waals surface area contributed by atoms with Crippen LogP contribution >= 0.6 is 0 Å². The summed E-state index contributed by atoms with van der Waals surface area (Å²) in [5, 5.41) is 12.7. The third-order valence-corrected chi connectivity index (χ3v) is 2.94. The van der Waals surface area contributed by atoms with Gasteiger partial charge in [-0.15, -0.1) is 0 Å². The molecule has 1 amide bonds. The van der Waals surface area contributed by atoms with Crippen LogP contribution in [-0.4, -0.2) is 23.7 Å². The largest absolute Gasteiger partial charge is 0.451 e. The first-order chi connectivity index (χ1) is 8.63. The van der Waals surface area contributed by atoms with Crippen LogP contribution in [0.3, 0.4) is 0 Å². The van der Waals surface area contributed by atoms with E-state index in [4.69, 9.17) is 9.52 Å². The van der Waals surface area contributed by atoms with E-state index in [1.165, 1.54) is 0 Å². The zero-order valence-corrected chi connectivity index (χ0v) is 10.6. The molecule has 0 fully saturated rings. The first-order valence-corrected chi connectivity index (χ1v) is 6.06. The minimum atomic E-state index is -0.287. The molecule has 1 aromatic carbocycles. The molecule has 0 bridgehead atoms. The van der Waals surface area contributed by atoms with Crippen molar-refractivity contribution in [3.63, 3.8) is 0 Å². The van der Waals surface area contributed by atoms with Gasteiger partial charge in [-0.1, -0.05) is 18.6 Å². The summed E-state index contributed by atoms with van der Waals surface area (Å²) in [6.45, 7) is 3.83. The first-order valence-electron chi connectivity index (χ1n) is 6.06. The van der Waals surface area contributed by atoms with Crippen LogP contribution < -0.4 is 5.32 Å². The predicted octanol–water partition coefficient (Wildman–Crippen LogP) is 2.24. The summed E-state index contributed by atoms with van der Waals surface area (Å²) < 4.78 is 5.48. The number of aliphatic hydroxyl groups excluding tert-OH is 1. The molecule has 0 aliphatic heterocycles. The highest BCUT2D eigenvalue weighted by Gasteiger charge is 2.15. The average Bonchev–Trinajstić information content (AvgIpc) is 2.78. The summed E-state index contributed by atoms with van der Waals surface area (Å²) in [4.78, 5) is 11.9. The maximum absolute atomic E-state index is 11.9. The van der Waals surface area contributed by atoms with Gasteiger partial charge in [-0.3, -0.25) is 4.79 Å². The highest BCUT2D eigenvalue weighted by atomic mass is 16.3. The van der Waals surface area contributed by atoms with E-state index in [1.54, 1.807) is 6.07 Å². The minimum absolute atomic E-state index is 0.0679. The molecule has 0 spiro atoms. The number of furan rings is 1. The lowest BCUT2D eigenvalue weighted by molar-refractivity contribution is 0.0889. The zero-order chi connectivity index (χ0) is 13.1. The summed E-state index contributed by atoms with van der Waals surface area (Å²) in [6.07, 6.45) is 0.682. The number of fused-ring (bicyclic) bond motifs is 1. The standard InChI is InChI=1S/C14H17NO3/c1-3-11(8-16)15-14(17)13-7-10-6-9(2)4-5-12(10)18-13/h4-7,11,16H,3,8H2,1-2H3,(H,15,17). The third kappa shape index (κ3) is 2.54. The van der Waals surface area contributed by atoms with E-state index in [9.17, 15) is 4.79 Å². The molecule has 0 saturated heterocycles. The molecule has 1 atom stereocenters. The Hall–Kier alpha value is -1.81. The SMILES string of the molecule is CCC(CO)NC(=O)c1cc2cc(C)ccc2o1. The van der Waals surface area contributed by atoms with Crippen LogP contribution in [0.25, 0.3) is 11.0 Å². The monoisotopic (exact) mass is 247 g/mol. The van der Waals surface area contributed by atoms with Crippen LogP contribution in [0.1, 0.15) is 29.5 Å². The number of benzene rings is 1. The third-order valence-electron chi connectivity index (χ3n) is 2.94. The van der Waals surface area contributed by atoms with E-state index in [2.05, 4.69) is 5.32 Å². The van der Waals surface area contributed by atoms with E-state index < -0.39 is 0 Å². The number of carbonyl (C=O) groups is 1. The lowest BCUT2D eigenvalue weighted by Crippen LogP contribution is -2.36. The molecular weight excluding hydrogens is 230 g/mol. The maximum Gasteiger partial charge on any atom is 0.287 e. The Morgan fingerprint density at radius 3 is 2.89 bits per heavy atom. The van der Waals surface area contributed by atoms with E-state index in [-0.39, 0.29) is 24.3 Å². The number of aliphatic hydroxyl groups is 1. The molecule has 2 aromatic rings. The second kappa shape index (κ2) is 5.23. The van der Waals surface area contributed by atoms with Crippen molar-refractivity contribution in [2.24, 2.45) is 0 Å². The fourth-order valence-electron chi connectivity index (χ4n) is 1.81. The molecule has 1 heterocycles. The number of hydrogen-bond donors (Lipinski definition) is 2. The molecule has 2 N–H and O–H groups in total. The molecule has 1 aromatic heterocycles. The van der Waals surface area contributed by atoms with Crippen molar-refractivity contribution < 1.29 is 14.3 Å². The minimum Gasteiger partial charge on any atom is -0.451 e. The van der Waals surface area contributed by atoms with Crippen molar-refractivity contribution in [2.45, 2.75) is 26.3 Å². The number of carbonyl (C=O) groups excluding carboxylic acids is 1. The number of aryl methyl sites for hydroxylation is 1. The smallest absolute Gasteiger partial charge is 0.287 e. The van der Waals surface area contributed by atoms with Crippen LogP contribution in [0.2, 0.25) is 0 Å².